The number of benzene rings is 5. The normalized spacial score (nSPS) is 13.3. The zero-order valence-corrected chi connectivity index (χ0v) is 39.4. The third-order valence-electron chi connectivity index (χ3n) is 10.8. The summed E-state index contributed by atoms with van der Waals surface area (Å²) in [5.41, 5.74) is 10.8. The van der Waals surface area contributed by atoms with E-state index in [1.807, 2.05) is 62.5 Å². The van der Waals surface area contributed by atoms with Gasteiger partial charge in [-0.3, -0.25) is 4.98 Å². The van der Waals surface area contributed by atoms with Gasteiger partial charge < -0.3 is 9.55 Å². The predicted molar refractivity (Wildman–Crippen MR) is 252 cm³/mol. The second-order valence-corrected chi connectivity index (χ2v) is 23.0. The summed E-state index contributed by atoms with van der Waals surface area (Å²) in [6.07, 6.45) is 1.98. The number of pyridine rings is 2. The van der Waals surface area contributed by atoms with E-state index in [1.165, 1.54) is 22.0 Å². The maximum Gasteiger partial charge on any atom is 0.114 e. The summed E-state index contributed by atoms with van der Waals surface area (Å²) >= 11 is 1.64. The van der Waals surface area contributed by atoms with E-state index in [4.69, 9.17) is 15.5 Å². The van der Waals surface area contributed by atoms with Crippen molar-refractivity contribution in [3.05, 3.63) is 150 Å². The van der Waals surface area contributed by atoms with E-state index >= 15 is 0 Å². The maximum absolute atomic E-state index is 8.44. The largest absolute Gasteiger partial charge is 0.333 e. The molecule has 4 heterocycles. The molecule has 0 amide bonds. The number of fused-ring (bicyclic) bond motifs is 5. The number of hydrogen-bond acceptors (Lipinski definition) is 4. The molecule has 1 radical (unpaired) electrons. The Balaban J connectivity index is 0.000000239. The van der Waals surface area contributed by atoms with Crippen LogP contribution in [0.3, 0.4) is 0 Å². The number of aromatic nitrogens is 4. The number of hydrogen-bond donors (Lipinski definition) is 0. The first-order chi connectivity index (χ1) is 29.3. The molecule has 0 aliphatic rings. The van der Waals surface area contributed by atoms with E-state index in [9.17, 15) is 0 Å². The summed E-state index contributed by atoms with van der Waals surface area (Å²) in [4.78, 5) is 15.7. The van der Waals surface area contributed by atoms with Gasteiger partial charge in [0.2, 0.25) is 0 Å². The fraction of sp³-hybridized carbons (Fsp3) is 0.250. The molecule has 4 nitrogen and oxygen atoms in total. The van der Waals surface area contributed by atoms with Crippen LogP contribution in [0.4, 0.5) is 0 Å². The van der Waals surface area contributed by atoms with Crippen LogP contribution in [-0.2, 0) is 20.1 Å². The molecule has 0 spiro atoms. The monoisotopic (exact) mass is 989 g/mol. The molecule has 59 heavy (non-hydrogen) atoms. The third kappa shape index (κ3) is 8.23. The summed E-state index contributed by atoms with van der Waals surface area (Å²) in [7, 11) is -1.50. The first kappa shape index (κ1) is 37.2. The summed E-state index contributed by atoms with van der Waals surface area (Å²) < 4.78 is 35.4. The topological polar surface area (TPSA) is 43.6 Å². The number of aryl methyl sites for hydroxylation is 1. The van der Waals surface area contributed by atoms with Gasteiger partial charge >= 0.3 is 0 Å². The Bertz CT molecular complexity index is 3080. The third-order valence-corrected chi connectivity index (χ3v) is 14.0. The molecule has 0 saturated carbocycles. The van der Waals surface area contributed by atoms with Crippen molar-refractivity contribution >= 4 is 66.8 Å². The molecule has 4 aromatic heterocycles. The van der Waals surface area contributed by atoms with Crippen LogP contribution in [0.25, 0.3) is 70.6 Å². The molecule has 0 aliphatic heterocycles. The van der Waals surface area contributed by atoms with E-state index in [0.29, 0.717) is 17.4 Å². The summed E-state index contributed by atoms with van der Waals surface area (Å²) in [5, 5.41) is 4.17. The van der Waals surface area contributed by atoms with Crippen molar-refractivity contribution in [2.24, 2.45) is 0 Å². The summed E-state index contributed by atoms with van der Waals surface area (Å²) in [6.45, 7) is 17.6. The fourth-order valence-corrected chi connectivity index (χ4v) is 10.6. The molecule has 9 aromatic rings. The number of para-hydroxylation sites is 3. The van der Waals surface area contributed by atoms with Crippen LogP contribution < -0.4 is 5.19 Å². The molecule has 0 saturated heterocycles. The molecule has 7 heteroatoms. The van der Waals surface area contributed by atoms with Gasteiger partial charge in [-0.05, 0) is 81.6 Å². The van der Waals surface area contributed by atoms with Crippen LogP contribution in [0.2, 0.25) is 19.6 Å². The number of nitrogens with zero attached hydrogens (tertiary/aromatic N) is 4. The van der Waals surface area contributed by atoms with Crippen molar-refractivity contribution in [1.82, 2.24) is 19.5 Å². The molecule has 0 N–H and O–H groups in total. The Labute approximate surface area is 373 Å². The molecule has 0 atom stereocenters. The number of thiophene rings is 1. The Kier molecular flexibility index (Phi) is 10.8. The van der Waals surface area contributed by atoms with E-state index in [2.05, 4.69) is 124 Å². The standard InChI is InChI=1S/C35H30N3S.C17H22NSi.Ir/c1-20(2)24-10-8-11-25(21(3)4)32(24)38-31-15-7-6-14-30(31)36-34(38)27-13-9-12-26-28-19-23-18-22(5)16-17-29(23)37-35(28)39-33(26)27;1-13(2)15-11-16(14-9-7-6-8-10-14)18-12-17(15)19(3,4)5;/h6-12,14-21H,1-5H3;6-9,11-13H,1-5H3;/q2*-1;/i5D3;13D;. The molecule has 301 valence electrons. The van der Waals surface area contributed by atoms with Crippen LogP contribution in [0.15, 0.2) is 115 Å². The van der Waals surface area contributed by atoms with Gasteiger partial charge in [-0.2, -0.15) is 11.3 Å². The Hall–Kier alpha value is -4.78. The van der Waals surface area contributed by atoms with Crippen LogP contribution >= 0.6 is 11.3 Å². The minimum atomic E-state index is -2.16. The van der Waals surface area contributed by atoms with Gasteiger partial charge in [-0.15, -0.1) is 54.1 Å². The van der Waals surface area contributed by atoms with Gasteiger partial charge in [0.25, 0.3) is 0 Å². The van der Waals surface area contributed by atoms with Crippen molar-refractivity contribution < 1.29 is 25.6 Å². The Morgan fingerprint density at radius 1 is 0.729 bits per heavy atom. The second-order valence-electron chi connectivity index (χ2n) is 16.9. The van der Waals surface area contributed by atoms with Gasteiger partial charge in [0.15, 0.2) is 0 Å². The fourth-order valence-electron chi connectivity index (χ4n) is 7.85. The number of imidazole rings is 1. The molecule has 0 aliphatic carbocycles. The maximum atomic E-state index is 8.44. The SMILES string of the molecule is [2H]C(C)(C)c1cc(-c2[c-]cccc2)ncc1[Si](C)(C)C.[2H]C([2H])([2H])c1ccc2nc3sc4c(-c5nc6ccccc6n5-c5c(C(C)C)cccc5C(C)C)[c-]ccc4c3cc2c1.[Ir]. The molecule has 9 rings (SSSR count). The molecular formula is C52H52IrN4SSi-2. The minimum absolute atomic E-state index is 0. The van der Waals surface area contributed by atoms with E-state index in [1.54, 1.807) is 23.5 Å². The smallest absolute Gasteiger partial charge is 0.114 e. The molecular weight excluding hydrogens is 933 g/mol. The predicted octanol–water partition coefficient (Wildman–Crippen LogP) is 14.2. The van der Waals surface area contributed by atoms with Crippen LogP contribution in [0, 0.1) is 19.0 Å². The average molecular weight is 989 g/mol. The van der Waals surface area contributed by atoms with Crippen molar-refractivity contribution in [3.8, 4) is 28.3 Å². The summed E-state index contributed by atoms with van der Waals surface area (Å²) in [6, 6.07) is 43.0. The van der Waals surface area contributed by atoms with Gasteiger partial charge in [-0.25, -0.2) is 4.98 Å². The molecule has 5 aromatic carbocycles. The van der Waals surface area contributed by atoms with Crippen LogP contribution in [0.1, 0.15) is 87.0 Å². The van der Waals surface area contributed by atoms with Crippen LogP contribution in [0.5, 0.6) is 0 Å². The van der Waals surface area contributed by atoms with E-state index in [-0.39, 0.29) is 20.1 Å². The molecule has 0 unspecified atom stereocenters. The Morgan fingerprint density at radius 3 is 2.15 bits per heavy atom. The van der Waals surface area contributed by atoms with Crippen LogP contribution in [-0.4, -0.2) is 27.6 Å². The zero-order valence-electron chi connectivity index (χ0n) is 39.2. The number of rotatable bonds is 7. The van der Waals surface area contributed by atoms with Gasteiger partial charge in [0.1, 0.15) is 4.83 Å². The van der Waals surface area contributed by atoms with Crippen molar-refractivity contribution in [2.45, 2.75) is 85.8 Å². The first-order valence-corrected chi connectivity index (χ1v) is 24.4. The first-order valence-electron chi connectivity index (χ1n) is 22.1. The Morgan fingerprint density at radius 2 is 1.47 bits per heavy atom. The van der Waals surface area contributed by atoms with Gasteiger partial charge in [-0.1, -0.05) is 126 Å². The second kappa shape index (κ2) is 17.1. The van der Waals surface area contributed by atoms with Gasteiger partial charge in [0.05, 0.1) is 30.4 Å². The average Bonchev–Trinajstić information content (AvgIpc) is 3.79. The summed E-state index contributed by atoms with van der Waals surface area (Å²) in [5.74, 6) is 0.904. The molecule has 0 bridgehead atoms. The van der Waals surface area contributed by atoms with Crippen molar-refractivity contribution in [2.75, 3.05) is 0 Å². The molecule has 0 fully saturated rings. The zero-order chi connectivity index (χ0) is 44.3. The van der Waals surface area contributed by atoms with Crippen molar-refractivity contribution in [1.29, 1.82) is 0 Å². The van der Waals surface area contributed by atoms with E-state index in [0.717, 1.165) is 70.4 Å². The van der Waals surface area contributed by atoms with Gasteiger partial charge in [0, 0.05) is 48.2 Å². The van der Waals surface area contributed by atoms with Crippen molar-refractivity contribution in [3.63, 3.8) is 0 Å². The van der Waals surface area contributed by atoms with E-state index < -0.39 is 20.8 Å². The quantitative estimate of drug-likeness (QED) is 0.118. The minimum Gasteiger partial charge on any atom is -0.333 e.